The molecule has 0 aliphatic rings. The van der Waals surface area contributed by atoms with Gasteiger partial charge in [0.25, 0.3) is 5.91 Å². The second-order valence-electron chi connectivity index (χ2n) is 3.69. The molecule has 0 heterocycles. The van der Waals surface area contributed by atoms with Crippen LogP contribution in [0.25, 0.3) is 0 Å². The second-order valence-corrected chi connectivity index (χ2v) is 3.69. The zero-order valence-corrected chi connectivity index (χ0v) is 10.2. The first-order chi connectivity index (χ1) is 8.67. The molecule has 2 N–H and O–H groups in total. The van der Waals surface area contributed by atoms with E-state index in [0.29, 0.717) is 12.2 Å². The molecule has 92 valence electrons. The number of amides is 1. The van der Waals surface area contributed by atoms with Crippen LogP contribution in [0.2, 0.25) is 0 Å². The fraction of sp³-hybridized carbons (Fsp3) is 0.143. The molecule has 0 saturated carbocycles. The smallest absolute Gasteiger partial charge is 0.267 e. The number of rotatable bonds is 5. The van der Waals surface area contributed by atoms with Crippen molar-refractivity contribution in [3.8, 4) is 6.07 Å². The number of anilines is 1. The summed E-state index contributed by atoms with van der Waals surface area (Å²) in [5.74, 6) is -0.431. The molecule has 0 spiro atoms. The zero-order chi connectivity index (χ0) is 13.4. The molecule has 0 radical (unpaired) electrons. The van der Waals surface area contributed by atoms with E-state index in [2.05, 4.69) is 17.2 Å². The van der Waals surface area contributed by atoms with E-state index in [9.17, 15) is 4.79 Å². The summed E-state index contributed by atoms with van der Waals surface area (Å²) < 4.78 is 0. The number of hydrogen-bond acceptors (Lipinski definition) is 3. The van der Waals surface area contributed by atoms with Crippen LogP contribution in [0.4, 0.5) is 5.69 Å². The Bertz CT molecular complexity index is 512. The van der Waals surface area contributed by atoms with Gasteiger partial charge in [-0.2, -0.15) is 5.26 Å². The van der Waals surface area contributed by atoms with Crippen LogP contribution in [-0.2, 0) is 4.79 Å². The van der Waals surface area contributed by atoms with Gasteiger partial charge in [0.05, 0.1) is 0 Å². The van der Waals surface area contributed by atoms with Gasteiger partial charge in [0, 0.05) is 18.4 Å². The fourth-order valence-corrected chi connectivity index (χ4v) is 1.31. The lowest BCUT2D eigenvalue weighted by Gasteiger charge is -2.05. The highest BCUT2D eigenvalue weighted by molar-refractivity contribution is 6.06. The Balaban J connectivity index is 2.72. The van der Waals surface area contributed by atoms with Gasteiger partial charge in [0.1, 0.15) is 11.6 Å². The van der Waals surface area contributed by atoms with Crippen LogP contribution in [0.1, 0.15) is 5.56 Å². The van der Waals surface area contributed by atoms with E-state index >= 15 is 0 Å². The van der Waals surface area contributed by atoms with Gasteiger partial charge in [-0.05, 0) is 24.6 Å². The molecule has 0 aromatic heterocycles. The topological polar surface area (TPSA) is 64.9 Å². The lowest BCUT2D eigenvalue weighted by Crippen LogP contribution is -2.16. The number of aryl methyl sites for hydroxylation is 1. The van der Waals surface area contributed by atoms with Crippen molar-refractivity contribution in [1.29, 1.82) is 5.26 Å². The molecule has 1 amide bonds. The molecule has 0 aliphatic carbocycles. The van der Waals surface area contributed by atoms with Gasteiger partial charge in [-0.1, -0.05) is 18.2 Å². The summed E-state index contributed by atoms with van der Waals surface area (Å²) in [6, 6.07) is 9.24. The Kier molecular flexibility index (Phi) is 5.20. The van der Waals surface area contributed by atoms with Crippen molar-refractivity contribution in [2.24, 2.45) is 0 Å². The predicted molar refractivity (Wildman–Crippen MR) is 71.7 cm³/mol. The molecule has 18 heavy (non-hydrogen) atoms. The third kappa shape index (κ3) is 4.14. The normalized spacial score (nSPS) is 10.3. The highest BCUT2D eigenvalue weighted by atomic mass is 16.1. The van der Waals surface area contributed by atoms with Crippen LogP contribution in [0.15, 0.2) is 48.7 Å². The molecule has 1 aromatic rings. The maximum absolute atomic E-state index is 11.8. The summed E-state index contributed by atoms with van der Waals surface area (Å²) in [5, 5.41) is 14.3. The molecule has 0 aliphatic heterocycles. The molecule has 0 atom stereocenters. The maximum atomic E-state index is 11.8. The van der Waals surface area contributed by atoms with E-state index in [1.54, 1.807) is 12.1 Å². The van der Waals surface area contributed by atoms with Crippen LogP contribution in [0.3, 0.4) is 0 Å². The van der Waals surface area contributed by atoms with E-state index < -0.39 is 5.91 Å². The van der Waals surface area contributed by atoms with Crippen molar-refractivity contribution in [1.82, 2.24) is 5.32 Å². The minimum Gasteiger partial charge on any atom is -0.386 e. The Morgan fingerprint density at radius 1 is 1.56 bits per heavy atom. The zero-order valence-electron chi connectivity index (χ0n) is 10.2. The van der Waals surface area contributed by atoms with E-state index in [4.69, 9.17) is 5.26 Å². The van der Waals surface area contributed by atoms with Crippen molar-refractivity contribution in [2.75, 3.05) is 11.9 Å². The SMILES string of the molecule is C=CCN/C=C(/C#N)C(=O)Nc1cccc(C)c1. The minimum atomic E-state index is -0.431. The van der Waals surface area contributed by atoms with Crippen molar-refractivity contribution in [3.63, 3.8) is 0 Å². The Morgan fingerprint density at radius 3 is 2.94 bits per heavy atom. The highest BCUT2D eigenvalue weighted by Crippen LogP contribution is 2.10. The van der Waals surface area contributed by atoms with Crippen LogP contribution < -0.4 is 10.6 Å². The van der Waals surface area contributed by atoms with Gasteiger partial charge in [-0.25, -0.2) is 0 Å². The summed E-state index contributed by atoms with van der Waals surface area (Å²) in [7, 11) is 0. The molecule has 4 nitrogen and oxygen atoms in total. The number of carbonyl (C=O) groups excluding carboxylic acids is 1. The largest absolute Gasteiger partial charge is 0.386 e. The van der Waals surface area contributed by atoms with Crippen molar-refractivity contribution >= 4 is 11.6 Å². The van der Waals surface area contributed by atoms with Gasteiger partial charge in [-0.15, -0.1) is 6.58 Å². The van der Waals surface area contributed by atoms with Gasteiger partial charge in [0.15, 0.2) is 0 Å². The number of nitrogens with one attached hydrogen (secondary N) is 2. The van der Waals surface area contributed by atoms with Crippen LogP contribution in [0, 0.1) is 18.3 Å². The molecule has 0 saturated heterocycles. The predicted octanol–water partition coefficient (Wildman–Crippen LogP) is 2.12. The Labute approximate surface area is 107 Å². The second kappa shape index (κ2) is 6.92. The monoisotopic (exact) mass is 241 g/mol. The molecule has 0 bridgehead atoms. The standard InChI is InChI=1S/C14H15N3O/c1-3-7-16-10-12(9-15)14(18)17-13-6-4-5-11(2)8-13/h3-6,8,10,16H,1,7H2,2H3,(H,17,18)/b12-10-. The van der Waals surface area contributed by atoms with Crippen LogP contribution >= 0.6 is 0 Å². The average Bonchev–Trinajstić information content (AvgIpc) is 2.34. The van der Waals surface area contributed by atoms with Crippen molar-refractivity contribution < 1.29 is 4.79 Å². The lowest BCUT2D eigenvalue weighted by atomic mass is 10.2. The Morgan fingerprint density at radius 2 is 2.33 bits per heavy atom. The molecular formula is C14H15N3O. The first kappa shape index (κ1) is 13.5. The highest BCUT2D eigenvalue weighted by Gasteiger charge is 2.08. The molecular weight excluding hydrogens is 226 g/mol. The third-order valence-corrected chi connectivity index (χ3v) is 2.15. The van der Waals surface area contributed by atoms with E-state index in [1.165, 1.54) is 6.20 Å². The number of nitriles is 1. The number of hydrogen-bond donors (Lipinski definition) is 2. The van der Waals surface area contributed by atoms with Crippen LogP contribution in [0.5, 0.6) is 0 Å². The maximum Gasteiger partial charge on any atom is 0.267 e. The van der Waals surface area contributed by atoms with Crippen molar-refractivity contribution in [2.45, 2.75) is 6.92 Å². The Hall–Kier alpha value is -2.54. The summed E-state index contributed by atoms with van der Waals surface area (Å²) in [4.78, 5) is 11.8. The minimum absolute atomic E-state index is 0.0263. The molecule has 0 unspecified atom stereocenters. The van der Waals surface area contributed by atoms with Crippen LogP contribution in [-0.4, -0.2) is 12.5 Å². The van der Waals surface area contributed by atoms with E-state index in [-0.39, 0.29) is 5.57 Å². The third-order valence-electron chi connectivity index (χ3n) is 2.15. The number of benzene rings is 1. The first-order valence-corrected chi connectivity index (χ1v) is 5.50. The molecule has 0 fully saturated rings. The summed E-state index contributed by atoms with van der Waals surface area (Å²) in [6.45, 7) is 5.97. The summed E-state index contributed by atoms with van der Waals surface area (Å²) >= 11 is 0. The summed E-state index contributed by atoms with van der Waals surface area (Å²) in [6.07, 6.45) is 3.02. The van der Waals surface area contributed by atoms with Gasteiger partial charge >= 0.3 is 0 Å². The van der Waals surface area contributed by atoms with Crippen molar-refractivity contribution in [3.05, 3.63) is 54.3 Å². The molecule has 4 heteroatoms. The van der Waals surface area contributed by atoms with Gasteiger partial charge in [-0.3, -0.25) is 4.79 Å². The number of nitrogens with zero attached hydrogens (tertiary/aromatic N) is 1. The average molecular weight is 241 g/mol. The molecule has 1 rings (SSSR count). The fourth-order valence-electron chi connectivity index (χ4n) is 1.31. The summed E-state index contributed by atoms with van der Waals surface area (Å²) in [5.41, 5.74) is 1.74. The lowest BCUT2D eigenvalue weighted by molar-refractivity contribution is -0.112. The quantitative estimate of drug-likeness (QED) is 0.359. The van der Waals surface area contributed by atoms with Gasteiger partial charge < -0.3 is 10.6 Å². The van der Waals surface area contributed by atoms with E-state index in [1.807, 2.05) is 31.2 Å². The molecule has 1 aromatic carbocycles. The van der Waals surface area contributed by atoms with Gasteiger partial charge in [0.2, 0.25) is 0 Å². The van der Waals surface area contributed by atoms with E-state index in [0.717, 1.165) is 5.56 Å². The first-order valence-electron chi connectivity index (χ1n) is 5.50. The number of carbonyl (C=O) groups is 1.